The number of anilines is 1. The van der Waals surface area contributed by atoms with Crippen LogP contribution in [0.2, 0.25) is 0 Å². The minimum absolute atomic E-state index is 0.0468. The normalized spacial score (nSPS) is 16.2. The van der Waals surface area contributed by atoms with Gasteiger partial charge < -0.3 is 16.0 Å². The van der Waals surface area contributed by atoms with Gasteiger partial charge in [0.1, 0.15) is 0 Å². The molecule has 0 spiro atoms. The van der Waals surface area contributed by atoms with Gasteiger partial charge in [-0.05, 0) is 25.0 Å². The Bertz CT molecular complexity index is 502. The van der Waals surface area contributed by atoms with Crippen molar-refractivity contribution < 1.29 is 9.59 Å². The molecule has 1 fully saturated rings. The molecule has 1 aromatic rings. The fraction of sp³-hybridized carbons (Fsp3) is 0.467. The molecule has 1 saturated heterocycles. The number of para-hydroxylation sites is 1. The smallest absolute Gasteiger partial charge is 0.224 e. The van der Waals surface area contributed by atoms with Crippen molar-refractivity contribution >= 4 is 17.5 Å². The van der Waals surface area contributed by atoms with Crippen LogP contribution in [0.25, 0.3) is 0 Å². The molecule has 20 heavy (non-hydrogen) atoms. The third kappa shape index (κ3) is 3.73. The van der Waals surface area contributed by atoms with Crippen LogP contribution in [0.15, 0.2) is 24.3 Å². The van der Waals surface area contributed by atoms with E-state index in [0.717, 1.165) is 18.5 Å². The van der Waals surface area contributed by atoms with Crippen LogP contribution in [0.1, 0.15) is 25.3 Å². The van der Waals surface area contributed by atoms with Crippen LogP contribution in [0.4, 0.5) is 5.69 Å². The quantitative estimate of drug-likeness (QED) is 0.785. The molecule has 0 bridgehead atoms. The molecule has 2 rings (SSSR count). The van der Waals surface area contributed by atoms with E-state index in [1.807, 2.05) is 30.0 Å². The van der Waals surface area contributed by atoms with E-state index >= 15 is 0 Å². The van der Waals surface area contributed by atoms with Gasteiger partial charge in [0.15, 0.2) is 0 Å². The van der Waals surface area contributed by atoms with Crippen molar-refractivity contribution in [1.82, 2.24) is 10.2 Å². The summed E-state index contributed by atoms with van der Waals surface area (Å²) < 4.78 is 0. The molecule has 1 aliphatic heterocycles. The lowest BCUT2D eigenvalue weighted by Crippen LogP contribution is -2.43. The molecule has 1 atom stereocenters. The Balaban J connectivity index is 1.82. The number of nitrogens with two attached hydrogens (primary N) is 1. The number of hydrogen-bond acceptors (Lipinski definition) is 3. The summed E-state index contributed by atoms with van der Waals surface area (Å²) in [7, 11) is 0. The Kier molecular flexibility index (Phi) is 4.61. The summed E-state index contributed by atoms with van der Waals surface area (Å²) in [6, 6.07) is 7.30. The fourth-order valence-corrected chi connectivity index (χ4v) is 2.47. The molecule has 3 N–H and O–H groups in total. The minimum Gasteiger partial charge on any atom is -0.398 e. The van der Waals surface area contributed by atoms with Gasteiger partial charge >= 0.3 is 0 Å². The lowest BCUT2D eigenvalue weighted by molar-refractivity contribution is -0.129. The van der Waals surface area contributed by atoms with E-state index in [0.29, 0.717) is 18.7 Å². The van der Waals surface area contributed by atoms with Gasteiger partial charge in [-0.15, -0.1) is 0 Å². The van der Waals surface area contributed by atoms with Crippen molar-refractivity contribution in [2.45, 2.75) is 32.2 Å². The highest BCUT2D eigenvalue weighted by Crippen LogP contribution is 2.12. The molecule has 1 aliphatic rings. The van der Waals surface area contributed by atoms with Gasteiger partial charge in [0, 0.05) is 31.2 Å². The van der Waals surface area contributed by atoms with Crippen LogP contribution in [0, 0.1) is 0 Å². The first-order chi connectivity index (χ1) is 9.56. The minimum atomic E-state index is -0.0676. The third-order valence-corrected chi connectivity index (χ3v) is 3.48. The number of benzene rings is 1. The van der Waals surface area contributed by atoms with E-state index in [1.165, 1.54) is 0 Å². The molecular weight excluding hydrogens is 254 g/mol. The van der Waals surface area contributed by atoms with Gasteiger partial charge in [-0.3, -0.25) is 9.59 Å². The maximum atomic E-state index is 12.0. The van der Waals surface area contributed by atoms with Crippen LogP contribution in [0.3, 0.4) is 0 Å². The van der Waals surface area contributed by atoms with Crippen molar-refractivity contribution in [2.75, 3.05) is 18.8 Å². The van der Waals surface area contributed by atoms with Gasteiger partial charge in [0.05, 0.1) is 6.42 Å². The topological polar surface area (TPSA) is 75.4 Å². The maximum Gasteiger partial charge on any atom is 0.224 e. The Morgan fingerprint density at radius 3 is 2.85 bits per heavy atom. The van der Waals surface area contributed by atoms with Crippen LogP contribution >= 0.6 is 0 Å². The molecule has 0 aromatic heterocycles. The van der Waals surface area contributed by atoms with Crippen LogP contribution in [0.5, 0.6) is 0 Å². The first-order valence-electron chi connectivity index (χ1n) is 6.97. The maximum absolute atomic E-state index is 12.0. The molecule has 5 heteroatoms. The van der Waals surface area contributed by atoms with Crippen LogP contribution in [-0.2, 0) is 16.0 Å². The predicted molar refractivity (Wildman–Crippen MR) is 78.0 cm³/mol. The largest absolute Gasteiger partial charge is 0.398 e. The first kappa shape index (κ1) is 14.4. The zero-order valence-corrected chi connectivity index (χ0v) is 11.8. The molecule has 0 saturated carbocycles. The van der Waals surface area contributed by atoms with E-state index in [9.17, 15) is 9.59 Å². The summed E-state index contributed by atoms with van der Waals surface area (Å²) >= 11 is 0. The van der Waals surface area contributed by atoms with Gasteiger partial charge in [-0.2, -0.15) is 0 Å². The fourth-order valence-electron chi connectivity index (χ4n) is 2.47. The first-order valence-corrected chi connectivity index (χ1v) is 6.97. The Hall–Kier alpha value is -2.04. The van der Waals surface area contributed by atoms with Gasteiger partial charge in [0.25, 0.3) is 0 Å². The lowest BCUT2D eigenvalue weighted by Gasteiger charge is -2.21. The summed E-state index contributed by atoms with van der Waals surface area (Å²) in [5.41, 5.74) is 7.27. The zero-order chi connectivity index (χ0) is 14.5. The lowest BCUT2D eigenvalue weighted by atomic mass is 10.1. The predicted octanol–water partition coefficient (Wildman–Crippen LogP) is 0.938. The number of likely N-dealkylation sites (tertiary alicyclic amines) is 1. The summed E-state index contributed by atoms with van der Waals surface area (Å²) in [6.45, 7) is 3.29. The SMILES string of the molecule is CC(CN1CCCC1=O)NC(=O)Cc1ccccc1N. The molecule has 108 valence electrons. The monoisotopic (exact) mass is 275 g/mol. The molecule has 0 aliphatic carbocycles. The third-order valence-electron chi connectivity index (χ3n) is 3.48. The molecule has 0 radical (unpaired) electrons. The number of nitrogen functional groups attached to an aromatic ring is 1. The summed E-state index contributed by atoms with van der Waals surface area (Å²) in [4.78, 5) is 25.3. The molecule has 5 nitrogen and oxygen atoms in total. The van der Waals surface area contributed by atoms with E-state index in [1.54, 1.807) is 6.07 Å². The zero-order valence-electron chi connectivity index (χ0n) is 11.8. The number of hydrogen-bond donors (Lipinski definition) is 2. The highest BCUT2D eigenvalue weighted by atomic mass is 16.2. The van der Waals surface area contributed by atoms with Crippen LogP contribution in [-0.4, -0.2) is 35.8 Å². The highest BCUT2D eigenvalue weighted by Gasteiger charge is 2.22. The Morgan fingerprint density at radius 2 is 2.20 bits per heavy atom. The van der Waals surface area contributed by atoms with Gasteiger partial charge in [-0.1, -0.05) is 18.2 Å². The highest BCUT2D eigenvalue weighted by molar-refractivity contribution is 5.81. The van der Waals surface area contributed by atoms with Crippen molar-refractivity contribution in [2.24, 2.45) is 0 Å². The number of rotatable bonds is 5. The number of carbonyl (C=O) groups excluding carboxylic acids is 2. The average Bonchev–Trinajstić information content (AvgIpc) is 2.77. The van der Waals surface area contributed by atoms with Gasteiger partial charge in [-0.25, -0.2) is 0 Å². The molecular formula is C15H21N3O2. The number of amides is 2. The van der Waals surface area contributed by atoms with Crippen molar-refractivity contribution in [1.29, 1.82) is 0 Å². The average molecular weight is 275 g/mol. The standard InChI is InChI=1S/C15H21N3O2/c1-11(10-18-8-4-7-15(18)20)17-14(19)9-12-5-2-3-6-13(12)16/h2-3,5-6,11H,4,7-10,16H2,1H3,(H,17,19). The van der Waals surface area contributed by atoms with Crippen molar-refractivity contribution in [3.05, 3.63) is 29.8 Å². The second kappa shape index (κ2) is 6.41. The molecule has 1 unspecified atom stereocenters. The van der Waals surface area contributed by atoms with Crippen molar-refractivity contribution in [3.63, 3.8) is 0 Å². The summed E-state index contributed by atoms with van der Waals surface area (Å²) in [6.07, 6.45) is 1.81. The van der Waals surface area contributed by atoms with E-state index in [-0.39, 0.29) is 24.3 Å². The second-order valence-electron chi connectivity index (χ2n) is 5.29. The van der Waals surface area contributed by atoms with E-state index in [2.05, 4.69) is 5.32 Å². The molecule has 2 amide bonds. The number of nitrogens with zero attached hydrogens (tertiary/aromatic N) is 1. The Morgan fingerprint density at radius 1 is 1.45 bits per heavy atom. The van der Waals surface area contributed by atoms with Crippen LogP contribution < -0.4 is 11.1 Å². The van der Waals surface area contributed by atoms with E-state index in [4.69, 9.17) is 5.73 Å². The number of carbonyl (C=O) groups is 2. The van der Waals surface area contributed by atoms with Crippen molar-refractivity contribution in [3.8, 4) is 0 Å². The summed E-state index contributed by atoms with van der Waals surface area (Å²) in [5, 5.41) is 2.91. The molecule has 1 heterocycles. The number of nitrogens with one attached hydrogen (secondary N) is 1. The van der Waals surface area contributed by atoms with Gasteiger partial charge in [0.2, 0.25) is 11.8 Å². The molecule has 1 aromatic carbocycles. The van der Waals surface area contributed by atoms with E-state index < -0.39 is 0 Å². The second-order valence-corrected chi connectivity index (χ2v) is 5.29. The Labute approximate surface area is 119 Å². The summed E-state index contributed by atoms with van der Waals surface area (Å²) in [5.74, 6) is 0.112.